The molecule has 0 spiro atoms. The highest BCUT2D eigenvalue weighted by molar-refractivity contribution is 8.13. The van der Waals surface area contributed by atoms with Crippen LogP contribution in [0.5, 0.6) is 0 Å². The number of rotatable bonds is 6. The van der Waals surface area contributed by atoms with Gasteiger partial charge in [0.2, 0.25) is 0 Å². The molecule has 1 unspecified atom stereocenters. The number of thioether (sulfide) groups is 1. The highest BCUT2D eigenvalue weighted by atomic mass is 32.3. The molecule has 3 rings (SSSR count). The van der Waals surface area contributed by atoms with Gasteiger partial charge in [-0.15, -0.1) is 0 Å². The summed E-state index contributed by atoms with van der Waals surface area (Å²) in [7, 11) is -3.64. The fraction of sp³-hybridized carbons (Fsp3) is 0.522. The molecule has 0 radical (unpaired) electrons. The van der Waals surface area contributed by atoms with Crippen LogP contribution < -0.4 is 0 Å². The van der Waals surface area contributed by atoms with Gasteiger partial charge in [-0.05, 0) is 50.5 Å². The van der Waals surface area contributed by atoms with E-state index in [2.05, 4.69) is 25.8 Å². The van der Waals surface area contributed by atoms with E-state index in [1.54, 1.807) is 30.5 Å². The third-order valence-corrected chi connectivity index (χ3v) is 8.85. The van der Waals surface area contributed by atoms with Crippen molar-refractivity contribution in [1.82, 2.24) is 4.98 Å². The lowest BCUT2D eigenvalue weighted by Crippen LogP contribution is -2.47. The number of aromatic nitrogens is 1. The van der Waals surface area contributed by atoms with Crippen molar-refractivity contribution in [2.24, 2.45) is 5.41 Å². The van der Waals surface area contributed by atoms with E-state index in [4.69, 9.17) is 9.47 Å². The van der Waals surface area contributed by atoms with Crippen LogP contribution in [0.25, 0.3) is 0 Å². The molecule has 0 amide bonds. The van der Waals surface area contributed by atoms with E-state index in [0.29, 0.717) is 9.92 Å². The Labute approximate surface area is 184 Å². The largest absolute Gasteiger partial charge is 0.344 e. The summed E-state index contributed by atoms with van der Waals surface area (Å²) in [5.74, 6) is -0.788. The van der Waals surface area contributed by atoms with Crippen molar-refractivity contribution in [3.8, 4) is 0 Å². The van der Waals surface area contributed by atoms with Crippen LogP contribution >= 0.6 is 11.8 Å². The molecule has 164 valence electrons. The molecule has 30 heavy (non-hydrogen) atoms. The summed E-state index contributed by atoms with van der Waals surface area (Å²) in [5.41, 5.74) is -1.00. The minimum Gasteiger partial charge on any atom is -0.344 e. The second-order valence-electron chi connectivity index (χ2n) is 9.46. The van der Waals surface area contributed by atoms with E-state index in [1.807, 2.05) is 45.0 Å². The van der Waals surface area contributed by atoms with Gasteiger partial charge in [-0.25, -0.2) is 13.4 Å². The van der Waals surface area contributed by atoms with Crippen molar-refractivity contribution in [1.29, 1.82) is 0 Å². The zero-order valence-electron chi connectivity index (χ0n) is 18.5. The fourth-order valence-corrected chi connectivity index (χ4v) is 7.64. The molecule has 0 bridgehead atoms. The molecule has 1 aliphatic heterocycles. The molecule has 1 aromatic carbocycles. The van der Waals surface area contributed by atoms with Gasteiger partial charge >= 0.3 is 0 Å². The Morgan fingerprint density at radius 3 is 2.27 bits per heavy atom. The normalized spacial score (nSPS) is 25.2. The van der Waals surface area contributed by atoms with Gasteiger partial charge in [-0.2, -0.15) is 0 Å². The molecule has 2 heterocycles. The Bertz CT molecular complexity index is 956. The lowest BCUT2D eigenvalue weighted by molar-refractivity contribution is -0.164. The van der Waals surface area contributed by atoms with Gasteiger partial charge in [0.25, 0.3) is 0 Å². The zero-order chi connectivity index (χ0) is 22.2. The maximum atomic E-state index is 13.6. The van der Waals surface area contributed by atoms with E-state index in [-0.39, 0.29) is 17.9 Å². The highest BCUT2D eigenvalue weighted by Gasteiger charge is 2.56. The molecule has 1 saturated heterocycles. The second-order valence-corrected chi connectivity index (χ2v) is 13.1. The number of pyridine rings is 1. The lowest BCUT2D eigenvalue weighted by atomic mass is 9.78. The molecule has 1 aromatic heterocycles. The minimum absolute atomic E-state index is 0.223. The number of sulfone groups is 1. The van der Waals surface area contributed by atoms with Gasteiger partial charge in [0, 0.05) is 12.6 Å². The van der Waals surface area contributed by atoms with Gasteiger partial charge in [-0.1, -0.05) is 56.8 Å². The summed E-state index contributed by atoms with van der Waals surface area (Å²) < 4.78 is 39.1. The summed E-state index contributed by atoms with van der Waals surface area (Å²) in [5, 5.41) is 0.663. The molecule has 7 heteroatoms. The monoisotopic (exact) mass is 449 g/mol. The van der Waals surface area contributed by atoms with Crippen LogP contribution in [0.3, 0.4) is 0 Å². The van der Waals surface area contributed by atoms with Crippen LogP contribution in [-0.4, -0.2) is 35.5 Å². The van der Waals surface area contributed by atoms with E-state index in [9.17, 15) is 8.42 Å². The number of hydrogen-bond acceptors (Lipinski definition) is 6. The van der Waals surface area contributed by atoms with Gasteiger partial charge in [0.1, 0.15) is 4.58 Å². The Hall–Kier alpha value is -1.41. The molecule has 0 saturated carbocycles. The first-order chi connectivity index (χ1) is 13.8. The lowest BCUT2D eigenvalue weighted by Gasteiger charge is -2.38. The summed E-state index contributed by atoms with van der Waals surface area (Å²) in [6.07, 6.45) is 1.68. The Balaban J connectivity index is 2.02. The topological polar surface area (TPSA) is 65.5 Å². The van der Waals surface area contributed by atoms with Crippen molar-refractivity contribution in [2.45, 2.75) is 80.0 Å². The van der Waals surface area contributed by atoms with Crippen LogP contribution in [0.4, 0.5) is 0 Å². The number of hydrogen-bond donors (Lipinski definition) is 0. The number of ether oxygens (including phenoxy) is 2. The van der Waals surface area contributed by atoms with Crippen LogP contribution in [-0.2, 0) is 19.3 Å². The molecule has 2 aromatic rings. The second kappa shape index (κ2) is 8.26. The van der Waals surface area contributed by atoms with Crippen molar-refractivity contribution >= 4 is 21.6 Å². The Morgan fingerprint density at radius 2 is 1.70 bits per heavy atom. The SMILES string of the molecule is CC1(C)O[C@H](C(C)(C)C)[C@](C)(CC(Sc2ccccn2)S(=O)(=O)c2ccccc2)O1. The minimum atomic E-state index is -3.64. The molecule has 1 aliphatic rings. The van der Waals surface area contributed by atoms with Crippen molar-refractivity contribution < 1.29 is 17.9 Å². The van der Waals surface area contributed by atoms with E-state index in [1.165, 1.54) is 11.8 Å². The van der Waals surface area contributed by atoms with Gasteiger partial charge in [0.15, 0.2) is 15.6 Å². The number of nitrogens with zero attached hydrogens (tertiary/aromatic N) is 1. The quantitative estimate of drug-likeness (QED) is 0.556. The first kappa shape index (κ1) is 23.3. The van der Waals surface area contributed by atoms with Crippen molar-refractivity contribution in [2.75, 3.05) is 0 Å². The van der Waals surface area contributed by atoms with Crippen LogP contribution in [0.2, 0.25) is 0 Å². The number of benzene rings is 1. The van der Waals surface area contributed by atoms with Crippen molar-refractivity contribution in [3.05, 3.63) is 54.7 Å². The third kappa shape index (κ3) is 5.07. The van der Waals surface area contributed by atoms with Crippen LogP contribution in [0.15, 0.2) is 64.6 Å². The molecule has 3 atom stereocenters. The highest BCUT2D eigenvalue weighted by Crippen LogP contribution is 2.49. The van der Waals surface area contributed by atoms with E-state index < -0.39 is 25.8 Å². The van der Waals surface area contributed by atoms with Gasteiger partial charge < -0.3 is 9.47 Å². The standard InChI is InChI=1S/C23H31NO4S2/c1-21(2,3)20-23(6,28-22(4,5)27-20)16-19(29-18-14-10-11-15-24-18)30(25,26)17-12-8-7-9-13-17/h7-15,19-20H,16H2,1-6H3/t19?,20-,23+/m1/s1. The summed E-state index contributed by atoms with van der Waals surface area (Å²) in [4.78, 5) is 4.64. The Morgan fingerprint density at radius 1 is 1.07 bits per heavy atom. The predicted molar refractivity (Wildman–Crippen MR) is 120 cm³/mol. The summed E-state index contributed by atoms with van der Waals surface area (Å²) in [6.45, 7) is 12.0. The van der Waals surface area contributed by atoms with E-state index in [0.717, 1.165) is 0 Å². The Kier molecular flexibility index (Phi) is 6.41. The maximum Gasteiger partial charge on any atom is 0.191 e. The average Bonchev–Trinajstić information content (AvgIpc) is 2.92. The van der Waals surface area contributed by atoms with E-state index >= 15 is 0 Å². The van der Waals surface area contributed by atoms with Crippen LogP contribution in [0.1, 0.15) is 48.0 Å². The summed E-state index contributed by atoms with van der Waals surface area (Å²) >= 11 is 1.25. The summed E-state index contributed by atoms with van der Waals surface area (Å²) in [6, 6.07) is 14.1. The van der Waals surface area contributed by atoms with Gasteiger partial charge in [0.05, 0.1) is 21.6 Å². The van der Waals surface area contributed by atoms with Gasteiger partial charge in [-0.3, -0.25) is 0 Å². The fourth-order valence-electron chi connectivity index (χ4n) is 4.15. The van der Waals surface area contributed by atoms with Crippen LogP contribution in [0, 0.1) is 5.41 Å². The first-order valence-corrected chi connectivity index (χ1v) is 12.5. The maximum absolute atomic E-state index is 13.6. The molecule has 0 N–H and O–H groups in total. The smallest absolute Gasteiger partial charge is 0.191 e. The third-order valence-electron chi connectivity index (χ3n) is 5.10. The molecule has 1 fully saturated rings. The predicted octanol–water partition coefficient (Wildman–Crippen LogP) is 5.32. The molecule has 0 aliphatic carbocycles. The zero-order valence-corrected chi connectivity index (χ0v) is 20.1. The molecular weight excluding hydrogens is 418 g/mol. The molecule has 5 nitrogen and oxygen atoms in total. The average molecular weight is 450 g/mol. The molecular formula is C23H31NO4S2. The van der Waals surface area contributed by atoms with Crippen molar-refractivity contribution in [3.63, 3.8) is 0 Å². The first-order valence-electron chi connectivity index (χ1n) is 10.1.